The average Bonchev–Trinajstić information content (AvgIpc) is 2.41. The monoisotopic (exact) mass is 275 g/mol. The molecule has 4 nitrogen and oxygen atoms in total. The summed E-state index contributed by atoms with van der Waals surface area (Å²) in [4.78, 5) is 2.45. The van der Waals surface area contributed by atoms with Crippen LogP contribution in [0.25, 0.3) is 0 Å². The number of nitrogens with two attached hydrogens (primary N) is 1. The van der Waals surface area contributed by atoms with Gasteiger partial charge >= 0.3 is 0 Å². The highest BCUT2D eigenvalue weighted by atomic mass is 16.5. The Labute approximate surface area is 121 Å². The van der Waals surface area contributed by atoms with Crippen molar-refractivity contribution in [3.8, 4) is 5.75 Å². The Bertz CT molecular complexity index is 486. The highest BCUT2D eigenvalue weighted by Crippen LogP contribution is 2.31. The molecule has 1 aromatic rings. The van der Waals surface area contributed by atoms with Crippen molar-refractivity contribution in [1.82, 2.24) is 4.90 Å². The zero-order valence-corrected chi connectivity index (χ0v) is 12.7. The smallest absolute Gasteiger partial charge is 0.123 e. The number of hydrogen-bond donors (Lipinski definition) is 2. The van der Waals surface area contributed by atoms with E-state index in [0.29, 0.717) is 5.41 Å². The number of methoxy groups -OCH3 is 1. The van der Waals surface area contributed by atoms with E-state index in [2.05, 4.69) is 18.7 Å². The predicted molar refractivity (Wildman–Crippen MR) is 82.3 cm³/mol. The van der Waals surface area contributed by atoms with Gasteiger partial charge in [-0.25, -0.2) is 0 Å². The summed E-state index contributed by atoms with van der Waals surface area (Å²) in [6.45, 7) is 7.75. The normalized spacial score (nSPS) is 18.8. The lowest BCUT2D eigenvalue weighted by atomic mass is 9.82. The van der Waals surface area contributed by atoms with Crippen LogP contribution in [0, 0.1) is 10.8 Å². The fourth-order valence-corrected chi connectivity index (χ4v) is 2.63. The Hall–Kier alpha value is -1.55. The largest absolute Gasteiger partial charge is 0.496 e. The molecule has 0 amide bonds. The van der Waals surface area contributed by atoms with Crippen LogP contribution in [0.15, 0.2) is 18.2 Å². The molecule has 20 heavy (non-hydrogen) atoms. The number of hydrogen-bond acceptors (Lipinski definition) is 3. The fraction of sp³-hybridized carbons (Fsp3) is 0.562. The minimum absolute atomic E-state index is 0.105. The van der Waals surface area contributed by atoms with Crippen molar-refractivity contribution in [2.75, 3.05) is 20.2 Å². The van der Waals surface area contributed by atoms with Crippen molar-refractivity contribution < 1.29 is 4.74 Å². The molecule has 0 spiro atoms. The van der Waals surface area contributed by atoms with Crippen molar-refractivity contribution >= 4 is 5.84 Å². The Morgan fingerprint density at radius 1 is 1.35 bits per heavy atom. The summed E-state index contributed by atoms with van der Waals surface area (Å²) >= 11 is 0. The van der Waals surface area contributed by atoms with Gasteiger partial charge in [0.15, 0.2) is 0 Å². The second kappa shape index (κ2) is 5.83. The summed E-state index contributed by atoms with van der Waals surface area (Å²) < 4.78 is 5.42. The SMILES string of the molecule is COc1ccc(C(=N)N)cc1CN1CCC(C)(C)CC1. The lowest BCUT2D eigenvalue weighted by molar-refractivity contribution is 0.126. The summed E-state index contributed by atoms with van der Waals surface area (Å²) in [6, 6.07) is 5.71. The number of amidine groups is 1. The maximum atomic E-state index is 7.55. The summed E-state index contributed by atoms with van der Waals surface area (Å²) in [5.74, 6) is 0.980. The second-order valence-electron chi connectivity index (χ2n) is 6.38. The molecule has 0 aromatic heterocycles. The number of likely N-dealkylation sites (tertiary alicyclic amines) is 1. The van der Waals surface area contributed by atoms with E-state index < -0.39 is 0 Å². The van der Waals surface area contributed by atoms with Crippen LogP contribution in [0.1, 0.15) is 37.8 Å². The lowest BCUT2D eigenvalue weighted by Gasteiger charge is -2.37. The number of rotatable bonds is 4. The van der Waals surface area contributed by atoms with E-state index in [1.54, 1.807) is 7.11 Å². The number of nitrogen functional groups attached to an aromatic ring is 1. The van der Waals surface area contributed by atoms with Crippen LogP contribution in [0.5, 0.6) is 5.75 Å². The van der Waals surface area contributed by atoms with E-state index in [1.807, 2.05) is 18.2 Å². The van der Waals surface area contributed by atoms with E-state index in [9.17, 15) is 0 Å². The minimum Gasteiger partial charge on any atom is -0.496 e. The van der Waals surface area contributed by atoms with Crippen molar-refractivity contribution in [3.63, 3.8) is 0 Å². The molecule has 2 rings (SSSR count). The molecule has 110 valence electrons. The third kappa shape index (κ3) is 3.51. The van der Waals surface area contributed by atoms with Gasteiger partial charge in [0, 0.05) is 17.7 Å². The van der Waals surface area contributed by atoms with Gasteiger partial charge in [-0.1, -0.05) is 13.8 Å². The van der Waals surface area contributed by atoms with Gasteiger partial charge in [0.25, 0.3) is 0 Å². The topological polar surface area (TPSA) is 62.3 Å². The van der Waals surface area contributed by atoms with Crippen LogP contribution in [0.3, 0.4) is 0 Å². The molecule has 3 N–H and O–H groups in total. The van der Waals surface area contributed by atoms with Gasteiger partial charge in [0.2, 0.25) is 0 Å². The highest BCUT2D eigenvalue weighted by molar-refractivity contribution is 5.95. The molecule has 0 radical (unpaired) electrons. The highest BCUT2D eigenvalue weighted by Gasteiger charge is 2.25. The molecular formula is C16H25N3O. The van der Waals surface area contributed by atoms with Crippen molar-refractivity contribution in [2.24, 2.45) is 11.1 Å². The third-order valence-electron chi connectivity index (χ3n) is 4.19. The lowest BCUT2D eigenvalue weighted by Crippen LogP contribution is -2.36. The molecule has 1 fully saturated rings. The zero-order chi connectivity index (χ0) is 14.8. The molecule has 0 unspecified atom stereocenters. The molecule has 0 aliphatic carbocycles. The van der Waals surface area contributed by atoms with Crippen LogP contribution in [-0.4, -0.2) is 30.9 Å². The van der Waals surface area contributed by atoms with Crippen molar-refractivity contribution in [3.05, 3.63) is 29.3 Å². The molecule has 1 aromatic carbocycles. The van der Waals surface area contributed by atoms with E-state index in [1.165, 1.54) is 12.8 Å². The first-order valence-corrected chi connectivity index (χ1v) is 7.15. The first-order chi connectivity index (χ1) is 9.41. The zero-order valence-electron chi connectivity index (χ0n) is 12.7. The van der Waals surface area contributed by atoms with Crippen LogP contribution < -0.4 is 10.5 Å². The molecule has 0 atom stereocenters. The molecule has 1 heterocycles. The van der Waals surface area contributed by atoms with E-state index in [-0.39, 0.29) is 5.84 Å². The Balaban J connectivity index is 2.12. The van der Waals surface area contributed by atoms with Gasteiger partial charge in [-0.3, -0.25) is 10.3 Å². The first kappa shape index (κ1) is 14.9. The molecule has 0 bridgehead atoms. The Morgan fingerprint density at radius 2 is 2.00 bits per heavy atom. The standard InChI is InChI=1S/C16H25N3O/c1-16(2)6-8-19(9-7-16)11-13-10-12(15(17)18)4-5-14(13)20-3/h4-5,10H,6-9,11H2,1-3H3,(H3,17,18). The van der Waals surface area contributed by atoms with E-state index in [0.717, 1.165) is 36.5 Å². The average molecular weight is 275 g/mol. The van der Waals surface area contributed by atoms with E-state index in [4.69, 9.17) is 15.9 Å². The number of benzene rings is 1. The predicted octanol–water partition coefficient (Wildman–Crippen LogP) is 2.60. The third-order valence-corrected chi connectivity index (χ3v) is 4.19. The second-order valence-corrected chi connectivity index (χ2v) is 6.38. The van der Waals surface area contributed by atoms with Gasteiger partial charge in [-0.2, -0.15) is 0 Å². The van der Waals surface area contributed by atoms with Gasteiger partial charge in [-0.05, 0) is 49.5 Å². The van der Waals surface area contributed by atoms with Gasteiger partial charge < -0.3 is 10.5 Å². The minimum atomic E-state index is 0.105. The summed E-state index contributed by atoms with van der Waals surface area (Å²) in [7, 11) is 1.69. The maximum absolute atomic E-state index is 7.55. The fourth-order valence-electron chi connectivity index (χ4n) is 2.63. The number of piperidine rings is 1. The van der Waals surface area contributed by atoms with Crippen LogP contribution in [-0.2, 0) is 6.54 Å². The van der Waals surface area contributed by atoms with Gasteiger partial charge in [0.05, 0.1) is 7.11 Å². The van der Waals surface area contributed by atoms with E-state index >= 15 is 0 Å². The number of nitrogens with one attached hydrogen (secondary N) is 1. The van der Waals surface area contributed by atoms with Crippen LogP contribution in [0.2, 0.25) is 0 Å². The van der Waals surface area contributed by atoms with Crippen molar-refractivity contribution in [1.29, 1.82) is 5.41 Å². The molecule has 1 saturated heterocycles. The Kier molecular flexibility index (Phi) is 4.33. The first-order valence-electron chi connectivity index (χ1n) is 7.15. The van der Waals surface area contributed by atoms with Crippen LogP contribution >= 0.6 is 0 Å². The molecule has 0 saturated carbocycles. The molecule has 1 aliphatic heterocycles. The molecule has 1 aliphatic rings. The van der Waals surface area contributed by atoms with Crippen molar-refractivity contribution in [2.45, 2.75) is 33.2 Å². The summed E-state index contributed by atoms with van der Waals surface area (Å²) in [5.41, 5.74) is 7.91. The quantitative estimate of drug-likeness (QED) is 0.656. The number of ether oxygens (including phenoxy) is 1. The maximum Gasteiger partial charge on any atom is 0.123 e. The van der Waals surface area contributed by atoms with Crippen LogP contribution in [0.4, 0.5) is 0 Å². The summed E-state index contributed by atoms with van der Waals surface area (Å²) in [5, 5.41) is 7.55. The van der Waals surface area contributed by atoms with Gasteiger partial charge in [0.1, 0.15) is 11.6 Å². The molecular weight excluding hydrogens is 250 g/mol. The molecule has 4 heteroatoms. The number of nitrogens with zero attached hydrogens (tertiary/aromatic N) is 1. The van der Waals surface area contributed by atoms with Gasteiger partial charge in [-0.15, -0.1) is 0 Å². The summed E-state index contributed by atoms with van der Waals surface area (Å²) in [6.07, 6.45) is 2.45. The Morgan fingerprint density at radius 3 is 2.55 bits per heavy atom.